The van der Waals surface area contributed by atoms with Crippen LogP contribution >= 0.6 is 23.1 Å². The minimum absolute atomic E-state index is 0.00978. The summed E-state index contributed by atoms with van der Waals surface area (Å²) < 4.78 is 2.04. The molecule has 7 rings (SSSR count). The Balaban J connectivity index is 1.02. The SMILES string of the molecule is O=C(c1csc(CSc2nnc(-c3cccnc3)n2-c2ccccc2)n1)N1CCN(C(c2ccccc2)c2ccccc2)CC1. The summed E-state index contributed by atoms with van der Waals surface area (Å²) in [5.41, 5.74) is 4.90. The fourth-order valence-corrected chi connectivity index (χ4v) is 7.42. The molecule has 1 aliphatic rings. The number of carbonyl (C=O) groups is 1. The van der Waals surface area contributed by atoms with E-state index in [4.69, 9.17) is 4.98 Å². The van der Waals surface area contributed by atoms with Gasteiger partial charge in [-0.2, -0.15) is 0 Å². The molecule has 1 saturated heterocycles. The Bertz CT molecular complexity index is 1800. The molecule has 224 valence electrons. The van der Waals surface area contributed by atoms with Crippen molar-refractivity contribution in [2.45, 2.75) is 17.0 Å². The van der Waals surface area contributed by atoms with Crippen LogP contribution in [0.5, 0.6) is 0 Å². The summed E-state index contributed by atoms with van der Waals surface area (Å²) in [4.78, 5) is 26.9. The van der Waals surface area contributed by atoms with Gasteiger partial charge in [0.25, 0.3) is 5.91 Å². The molecule has 6 aromatic rings. The maximum absolute atomic E-state index is 13.5. The monoisotopic (exact) mass is 629 g/mol. The van der Waals surface area contributed by atoms with Crippen molar-refractivity contribution < 1.29 is 4.79 Å². The third-order valence-corrected chi connectivity index (χ3v) is 9.83. The molecular formula is C35H31N7OS2. The van der Waals surface area contributed by atoms with Gasteiger partial charge in [0.1, 0.15) is 10.7 Å². The van der Waals surface area contributed by atoms with Gasteiger partial charge in [0.15, 0.2) is 11.0 Å². The summed E-state index contributed by atoms with van der Waals surface area (Å²) in [6, 6.07) is 35.3. The van der Waals surface area contributed by atoms with Crippen molar-refractivity contribution in [3.05, 3.63) is 143 Å². The van der Waals surface area contributed by atoms with Crippen molar-refractivity contribution in [2.75, 3.05) is 26.2 Å². The molecule has 0 N–H and O–H groups in total. The number of hydrogen-bond acceptors (Lipinski definition) is 8. The van der Waals surface area contributed by atoms with Crippen molar-refractivity contribution in [1.82, 2.24) is 34.5 Å². The molecular weight excluding hydrogens is 599 g/mol. The summed E-state index contributed by atoms with van der Waals surface area (Å²) >= 11 is 3.06. The minimum atomic E-state index is -0.00978. The molecule has 4 heterocycles. The van der Waals surface area contributed by atoms with E-state index in [-0.39, 0.29) is 11.9 Å². The highest BCUT2D eigenvalue weighted by Gasteiger charge is 2.29. The van der Waals surface area contributed by atoms with E-state index in [1.165, 1.54) is 22.5 Å². The van der Waals surface area contributed by atoms with Gasteiger partial charge >= 0.3 is 0 Å². The van der Waals surface area contributed by atoms with Gasteiger partial charge in [-0.1, -0.05) is 90.6 Å². The Labute approximate surface area is 270 Å². The van der Waals surface area contributed by atoms with E-state index in [0.29, 0.717) is 24.5 Å². The van der Waals surface area contributed by atoms with Crippen LogP contribution in [0.15, 0.2) is 126 Å². The van der Waals surface area contributed by atoms with E-state index in [1.807, 2.05) is 57.3 Å². The average molecular weight is 630 g/mol. The zero-order valence-corrected chi connectivity index (χ0v) is 26.1. The highest BCUT2D eigenvalue weighted by Crippen LogP contribution is 2.32. The van der Waals surface area contributed by atoms with E-state index in [9.17, 15) is 4.79 Å². The van der Waals surface area contributed by atoms with Crippen molar-refractivity contribution in [3.63, 3.8) is 0 Å². The van der Waals surface area contributed by atoms with Crippen LogP contribution < -0.4 is 0 Å². The predicted octanol–water partition coefficient (Wildman–Crippen LogP) is 6.63. The Hall–Kier alpha value is -4.64. The van der Waals surface area contributed by atoms with Crippen molar-refractivity contribution in [3.8, 4) is 17.1 Å². The van der Waals surface area contributed by atoms with Crippen LogP contribution in [0.1, 0.15) is 32.7 Å². The number of thioether (sulfide) groups is 1. The lowest BCUT2D eigenvalue weighted by molar-refractivity contribution is 0.0592. The number of para-hydroxylation sites is 1. The van der Waals surface area contributed by atoms with E-state index in [1.54, 1.807) is 24.2 Å². The normalized spacial score (nSPS) is 13.8. The molecule has 45 heavy (non-hydrogen) atoms. The van der Waals surface area contributed by atoms with Gasteiger partial charge in [0.2, 0.25) is 0 Å². The smallest absolute Gasteiger partial charge is 0.273 e. The van der Waals surface area contributed by atoms with E-state index in [0.717, 1.165) is 40.3 Å². The number of piperazine rings is 1. The lowest BCUT2D eigenvalue weighted by Crippen LogP contribution is -2.50. The summed E-state index contributed by atoms with van der Waals surface area (Å²) in [6.07, 6.45) is 3.54. The second kappa shape index (κ2) is 13.6. The Morgan fingerprint density at radius 1 is 0.800 bits per heavy atom. The number of nitrogens with zero attached hydrogens (tertiary/aromatic N) is 7. The van der Waals surface area contributed by atoms with Crippen LogP contribution in [0.25, 0.3) is 17.1 Å². The first-order valence-corrected chi connectivity index (χ1v) is 16.7. The molecule has 3 aromatic heterocycles. The van der Waals surface area contributed by atoms with E-state index >= 15 is 0 Å². The molecule has 10 heteroatoms. The third-order valence-electron chi connectivity index (χ3n) is 7.86. The molecule has 0 aliphatic carbocycles. The van der Waals surface area contributed by atoms with Crippen LogP contribution in [0, 0.1) is 0 Å². The highest BCUT2D eigenvalue weighted by molar-refractivity contribution is 7.98. The van der Waals surface area contributed by atoms with Crippen molar-refractivity contribution >= 4 is 29.0 Å². The fourth-order valence-electron chi connectivity index (χ4n) is 5.69. The molecule has 1 fully saturated rings. The molecule has 0 atom stereocenters. The standard InChI is InChI=1S/C35H31N7OS2/c43-34(41-21-19-40(20-22-41)32(26-11-4-1-5-12-26)27-13-6-2-7-14-27)30-24-44-31(37-30)25-45-35-39-38-33(28-15-10-18-36-23-28)42(35)29-16-8-3-9-17-29/h1-18,23-24,32H,19-22,25H2. The molecule has 0 bridgehead atoms. The molecule has 0 spiro atoms. The first kappa shape index (κ1) is 29.1. The van der Waals surface area contributed by atoms with Crippen LogP contribution in [-0.4, -0.2) is 66.6 Å². The van der Waals surface area contributed by atoms with Crippen LogP contribution in [0.3, 0.4) is 0 Å². The maximum atomic E-state index is 13.5. The number of benzene rings is 3. The van der Waals surface area contributed by atoms with Crippen LogP contribution in [0.4, 0.5) is 0 Å². The van der Waals surface area contributed by atoms with Crippen LogP contribution in [-0.2, 0) is 5.75 Å². The highest BCUT2D eigenvalue weighted by atomic mass is 32.2. The minimum Gasteiger partial charge on any atom is -0.335 e. The Morgan fingerprint density at radius 3 is 2.11 bits per heavy atom. The Kier molecular flexibility index (Phi) is 8.76. The van der Waals surface area contributed by atoms with Crippen LogP contribution in [0.2, 0.25) is 0 Å². The van der Waals surface area contributed by atoms with Gasteiger partial charge in [-0.3, -0.25) is 19.2 Å². The number of rotatable bonds is 9. The first-order valence-electron chi connectivity index (χ1n) is 14.9. The van der Waals surface area contributed by atoms with Gasteiger partial charge in [-0.15, -0.1) is 21.5 Å². The van der Waals surface area contributed by atoms with Gasteiger partial charge in [0, 0.05) is 55.2 Å². The van der Waals surface area contributed by atoms with Crippen molar-refractivity contribution in [2.24, 2.45) is 0 Å². The predicted molar refractivity (Wildman–Crippen MR) is 178 cm³/mol. The van der Waals surface area contributed by atoms with E-state index < -0.39 is 0 Å². The molecule has 0 radical (unpaired) electrons. The molecule has 0 saturated carbocycles. The zero-order chi connectivity index (χ0) is 30.4. The quantitative estimate of drug-likeness (QED) is 0.166. The molecule has 3 aromatic carbocycles. The third kappa shape index (κ3) is 6.44. The average Bonchev–Trinajstić information content (AvgIpc) is 3.77. The second-order valence-electron chi connectivity index (χ2n) is 10.7. The number of carbonyl (C=O) groups excluding carboxylic acids is 1. The largest absolute Gasteiger partial charge is 0.335 e. The summed E-state index contributed by atoms with van der Waals surface area (Å²) in [6.45, 7) is 2.91. The van der Waals surface area contributed by atoms with Gasteiger partial charge < -0.3 is 4.90 Å². The zero-order valence-electron chi connectivity index (χ0n) is 24.5. The summed E-state index contributed by atoms with van der Waals surface area (Å²) in [7, 11) is 0. The van der Waals surface area contributed by atoms with Gasteiger partial charge in [-0.05, 0) is 35.4 Å². The maximum Gasteiger partial charge on any atom is 0.273 e. The first-order chi connectivity index (χ1) is 22.2. The lowest BCUT2D eigenvalue weighted by Gasteiger charge is -2.39. The number of thiazole rings is 1. The molecule has 0 unspecified atom stereocenters. The number of aromatic nitrogens is 5. The lowest BCUT2D eigenvalue weighted by atomic mass is 9.96. The summed E-state index contributed by atoms with van der Waals surface area (Å²) in [5, 5.41) is 12.5. The number of amides is 1. The van der Waals surface area contributed by atoms with Gasteiger partial charge in [0.05, 0.1) is 11.8 Å². The molecule has 8 nitrogen and oxygen atoms in total. The van der Waals surface area contributed by atoms with Crippen molar-refractivity contribution in [1.29, 1.82) is 0 Å². The topological polar surface area (TPSA) is 80.0 Å². The molecule has 1 amide bonds. The molecule has 1 aliphatic heterocycles. The van der Waals surface area contributed by atoms with Gasteiger partial charge in [-0.25, -0.2) is 4.98 Å². The summed E-state index contributed by atoms with van der Waals surface area (Å²) in [5.74, 6) is 1.30. The van der Waals surface area contributed by atoms with E-state index in [2.05, 4.69) is 80.7 Å². The Morgan fingerprint density at radius 2 is 1.47 bits per heavy atom. The fraction of sp³-hybridized carbons (Fsp3) is 0.171. The number of pyridine rings is 1. The number of hydrogen-bond donors (Lipinski definition) is 0. The second-order valence-corrected chi connectivity index (χ2v) is 12.6.